The molecule has 29 nitrogen and oxygen atoms in total. The zero-order chi connectivity index (χ0) is 60.9. The molecule has 0 radical (unpaired) electrons. The normalized spacial score (nSPS) is 22.8. The van der Waals surface area contributed by atoms with Crippen molar-refractivity contribution in [1.29, 1.82) is 0 Å². The minimum absolute atomic E-state index is 0.105. The number of carbonyl (C=O) groups excluding carboxylic acids is 6. The van der Waals surface area contributed by atoms with Gasteiger partial charge in [-0.15, -0.1) is 0 Å². The van der Waals surface area contributed by atoms with Gasteiger partial charge in [0.15, 0.2) is 12.6 Å². The predicted molar refractivity (Wildman–Crippen MR) is 295 cm³/mol. The van der Waals surface area contributed by atoms with E-state index in [4.69, 9.17) is 42.6 Å². The zero-order valence-corrected chi connectivity index (χ0v) is 48.5. The van der Waals surface area contributed by atoms with E-state index in [2.05, 4.69) is 31.9 Å². The van der Waals surface area contributed by atoms with Crippen molar-refractivity contribution in [2.75, 3.05) is 126 Å². The summed E-state index contributed by atoms with van der Waals surface area (Å²) >= 11 is 0. The maximum absolute atomic E-state index is 13.0. The molecule has 0 bridgehead atoms. The Kier molecular flexibility index (Phi) is 43.8. The van der Waals surface area contributed by atoms with Crippen LogP contribution in [0, 0.1) is 0 Å². The lowest BCUT2D eigenvalue weighted by atomic mass is 9.99. The first-order valence-corrected chi connectivity index (χ1v) is 29.4. The third-order valence-electron chi connectivity index (χ3n) is 13.3. The molecule has 2 aliphatic rings. The van der Waals surface area contributed by atoms with E-state index in [9.17, 15) is 69.6 Å². The minimum Gasteiger partial charge on any atom is -0.394 e. The number of unbranched alkanes of at least 4 members (excludes halogenated alkanes) is 6. The number of aliphatic hydroxyl groups is 8. The monoisotopic (exact) mass is 1200 g/mol. The van der Waals surface area contributed by atoms with Crippen LogP contribution in [0.15, 0.2) is 0 Å². The van der Waals surface area contributed by atoms with Crippen molar-refractivity contribution < 1.29 is 112 Å². The molecule has 83 heavy (non-hydrogen) atoms. The number of carbonyl (C=O) groups is 6. The van der Waals surface area contributed by atoms with E-state index in [0.717, 1.165) is 25.7 Å². The van der Waals surface area contributed by atoms with Gasteiger partial charge >= 0.3 is 0 Å². The van der Waals surface area contributed by atoms with Crippen molar-refractivity contribution in [1.82, 2.24) is 31.9 Å². The van der Waals surface area contributed by atoms with Crippen molar-refractivity contribution >= 4 is 35.4 Å². The molecule has 2 saturated heterocycles. The Bertz CT molecular complexity index is 1730. The highest BCUT2D eigenvalue weighted by atomic mass is 16.7. The molecular weight excluding hydrogens is 1100 g/mol. The molecular formula is C54H100N6O23. The second kappa shape index (κ2) is 48.3. The van der Waals surface area contributed by atoms with Crippen LogP contribution in [0.3, 0.4) is 0 Å². The SMILES string of the molecule is COCCCCCCNC(=O)C[C@H](CCCCNC(=O)CCOCCOCCNC(=O)CCCCO[C@@H]1OC(CO)[C@@H](O)[C@H](O)C1O)NC(=O)CCCNC(=O)CCOCCOCCNC(=O)CCCCO[C@@H]1OC(CO)[C@@H](O)[C@H](O)C1O. The number of methoxy groups -OCH3 is 1. The number of amides is 6. The number of ether oxygens (including phenoxy) is 9. The summed E-state index contributed by atoms with van der Waals surface area (Å²) in [6, 6.07) is -0.420. The average molecular weight is 1200 g/mol. The Labute approximate surface area is 487 Å². The van der Waals surface area contributed by atoms with E-state index in [1.54, 1.807) is 7.11 Å². The summed E-state index contributed by atoms with van der Waals surface area (Å²) in [5.41, 5.74) is 0. The number of hydrogen-bond acceptors (Lipinski definition) is 23. The van der Waals surface area contributed by atoms with E-state index in [1.165, 1.54) is 0 Å². The maximum Gasteiger partial charge on any atom is 0.222 e. The van der Waals surface area contributed by atoms with E-state index in [-0.39, 0.29) is 153 Å². The lowest BCUT2D eigenvalue weighted by molar-refractivity contribution is -0.301. The Morgan fingerprint density at radius 2 is 0.783 bits per heavy atom. The Hall–Kier alpha value is -3.86. The van der Waals surface area contributed by atoms with Gasteiger partial charge in [0, 0.05) is 104 Å². The maximum atomic E-state index is 13.0. The summed E-state index contributed by atoms with van der Waals surface area (Å²) in [7, 11) is 1.66. The van der Waals surface area contributed by atoms with Gasteiger partial charge in [-0.25, -0.2) is 0 Å². The number of hydrogen-bond donors (Lipinski definition) is 14. The predicted octanol–water partition coefficient (Wildman–Crippen LogP) is -3.58. The number of aliphatic hydroxyl groups excluding tert-OH is 8. The summed E-state index contributed by atoms with van der Waals surface area (Å²) in [5.74, 6) is -1.19. The molecule has 0 saturated carbocycles. The van der Waals surface area contributed by atoms with Crippen molar-refractivity contribution in [2.45, 2.75) is 183 Å². The molecule has 0 aromatic carbocycles. The molecule has 2 heterocycles. The van der Waals surface area contributed by atoms with Crippen LogP contribution in [0.2, 0.25) is 0 Å². The van der Waals surface area contributed by atoms with Crippen LogP contribution in [-0.2, 0) is 71.4 Å². The Balaban J connectivity index is 1.50. The van der Waals surface area contributed by atoms with Crippen LogP contribution in [0.25, 0.3) is 0 Å². The van der Waals surface area contributed by atoms with E-state index in [1.807, 2.05) is 0 Å². The van der Waals surface area contributed by atoms with Crippen LogP contribution in [-0.4, -0.2) is 269 Å². The topological polar surface area (TPSA) is 420 Å². The zero-order valence-electron chi connectivity index (χ0n) is 48.5. The third-order valence-corrected chi connectivity index (χ3v) is 13.3. The first-order chi connectivity index (χ1) is 40.1. The molecule has 14 N–H and O–H groups in total. The van der Waals surface area contributed by atoms with Gasteiger partial charge in [-0.1, -0.05) is 12.8 Å². The minimum atomic E-state index is -1.52. The quantitative estimate of drug-likeness (QED) is 0.0262. The van der Waals surface area contributed by atoms with Gasteiger partial charge in [0.2, 0.25) is 35.4 Å². The number of rotatable bonds is 51. The van der Waals surface area contributed by atoms with Gasteiger partial charge in [-0.05, 0) is 64.2 Å². The lowest BCUT2D eigenvalue weighted by Crippen LogP contribution is -2.59. The summed E-state index contributed by atoms with van der Waals surface area (Å²) in [5, 5.41) is 95.0. The lowest BCUT2D eigenvalue weighted by Gasteiger charge is -2.39. The van der Waals surface area contributed by atoms with Gasteiger partial charge in [0.1, 0.15) is 48.8 Å². The van der Waals surface area contributed by atoms with Crippen LogP contribution in [0.4, 0.5) is 0 Å². The van der Waals surface area contributed by atoms with Gasteiger partial charge in [0.05, 0.1) is 66.1 Å². The number of nitrogens with one attached hydrogen (secondary N) is 6. The third kappa shape index (κ3) is 36.0. The van der Waals surface area contributed by atoms with Crippen molar-refractivity contribution in [2.24, 2.45) is 0 Å². The second-order valence-corrected chi connectivity index (χ2v) is 20.2. The molecule has 484 valence electrons. The van der Waals surface area contributed by atoms with Gasteiger partial charge < -0.3 is 115 Å². The molecule has 2 rings (SSSR count). The Morgan fingerprint density at radius 3 is 1.27 bits per heavy atom. The summed E-state index contributed by atoms with van der Waals surface area (Å²) in [6.07, 6.45) is -4.69. The highest BCUT2D eigenvalue weighted by Gasteiger charge is 2.45. The Morgan fingerprint density at radius 1 is 0.386 bits per heavy atom. The summed E-state index contributed by atoms with van der Waals surface area (Å²) < 4.78 is 48.4. The van der Waals surface area contributed by atoms with Gasteiger partial charge in [0.25, 0.3) is 0 Å². The highest BCUT2D eigenvalue weighted by molar-refractivity contribution is 5.80. The average Bonchev–Trinajstić information content (AvgIpc) is 3.46. The van der Waals surface area contributed by atoms with Crippen LogP contribution >= 0.6 is 0 Å². The summed E-state index contributed by atoms with van der Waals surface area (Å²) in [6.45, 7) is 3.56. The molecule has 6 amide bonds. The van der Waals surface area contributed by atoms with Crippen molar-refractivity contribution in [3.05, 3.63) is 0 Å². The fourth-order valence-corrected chi connectivity index (χ4v) is 8.43. The fourth-order valence-electron chi connectivity index (χ4n) is 8.43. The van der Waals surface area contributed by atoms with Crippen LogP contribution in [0.1, 0.15) is 116 Å². The van der Waals surface area contributed by atoms with Gasteiger partial charge in [-0.2, -0.15) is 0 Å². The molecule has 11 atom stereocenters. The smallest absolute Gasteiger partial charge is 0.222 e. The van der Waals surface area contributed by atoms with E-state index in [0.29, 0.717) is 77.6 Å². The fraction of sp³-hybridized carbons (Fsp3) is 0.889. The largest absolute Gasteiger partial charge is 0.394 e. The summed E-state index contributed by atoms with van der Waals surface area (Å²) in [4.78, 5) is 74.8. The molecule has 29 heteroatoms. The van der Waals surface area contributed by atoms with E-state index >= 15 is 0 Å². The molecule has 0 spiro atoms. The molecule has 4 unspecified atom stereocenters. The molecule has 0 aliphatic carbocycles. The molecule has 0 aromatic rings. The van der Waals surface area contributed by atoms with Crippen LogP contribution < -0.4 is 31.9 Å². The van der Waals surface area contributed by atoms with Crippen molar-refractivity contribution in [3.63, 3.8) is 0 Å². The molecule has 2 aliphatic heterocycles. The molecule has 2 fully saturated rings. The first-order valence-electron chi connectivity index (χ1n) is 29.4. The van der Waals surface area contributed by atoms with Gasteiger partial charge in [-0.3, -0.25) is 28.8 Å². The van der Waals surface area contributed by atoms with Crippen molar-refractivity contribution in [3.8, 4) is 0 Å². The highest BCUT2D eigenvalue weighted by Crippen LogP contribution is 2.23. The van der Waals surface area contributed by atoms with E-state index < -0.39 is 80.7 Å². The first kappa shape index (κ1) is 75.2. The molecule has 0 aromatic heterocycles. The second-order valence-electron chi connectivity index (χ2n) is 20.2. The van der Waals surface area contributed by atoms with Crippen LogP contribution in [0.5, 0.6) is 0 Å². The standard InChI is InChI=1S/C54H100N6O23/c1-75-24-9-3-2-7-19-57-46(68)35-38(13-4-8-20-55-43(65)17-27-76-31-33-78-29-22-58-41(63)14-5-10-25-80-53-51(73)49(71)47(69)39(36-61)82-53)60-45(67)16-12-21-56-44(66)18-28-77-32-34-79-30-23-59-42(64)15-6-11-26-81-54-52(74)50(72)48(70)40(37-62)83-54/h38-40,47-54,61-62,69-74H,2-37H2,1H3,(H,55,65)(H,56,66)(H,57,68)(H,58,63)(H,59,64)(H,60,67)/t38-,39?,40?,47+,48+,49-,50-,51?,52?,53+,54+/m0/s1.